The Hall–Kier alpha value is -2.30. The maximum Gasteiger partial charge on any atom is 0.142 e. The maximum absolute atomic E-state index is 5.80. The van der Waals surface area contributed by atoms with Crippen molar-refractivity contribution >= 4 is 17.3 Å². The van der Waals surface area contributed by atoms with E-state index in [4.69, 9.17) is 10.5 Å². The van der Waals surface area contributed by atoms with E-state index in [1.165, 1.54) is 6.33 Å². The molecule has 5 heteroatoms. The number of nitrogens with zero attached hydrogens (tertiary/aromatic N) is 3. The van der Waals surface area contributed by atoms with Gasteiger partial charge in [-0.1, -0.05) is 12.1 Å². The van der Waals surface area contributed by atoms with Crippen molar-refractivity contribution < 1.29 is 4.74 Å². The SMILES string of the molecule is COc1ccccc1N(C)c1ncnc(N)c1C. The van der Waals surface area contributed by atoms with Gasteiger partial charge in [-0.25, -0.2) is 9.97 Å². The summed E-state index contributed by atoms with van der Waals surface area (Å²) in [6.45, 7) is 1.90. The molecule has 0 amide bonds. The van der Waals surface area contributed by atoms with Gasteiger partial charge >= 0.3 is 0 Å². The van der Waals surface area contributed by atoms with Gasteiger partial charge in [0.2, 0.25) is 0 Å². The summed E-state index contributed by atoms with van der Waals surface area (Å²) in [6, 6.07) is 7.76. The predicted molar refractivity (Wildman–Crippen MR) is 72.2 cm³/mol. The van der Waals surface area contributed by atoms with Gasteiger partial charge in [-0.15, -0.1) is 0 Å². The van der Waals surface area contributed by atoms with E-state index in [2.05, 4.69) is 9.97 Å². The van der Waals surface area contributed by atoms with Crippen LogP contribution in [0.2, 0.25) is 0 Å². The Morgan fingerprint density at radius 1 is 1.22 bits per heavy atom. The van der Waals surface area contributed by atoms with Crippen molar-refractivity contribution in [1.82, 2.24) is 9.97 Å². The Morgan fingerprint density at radius 3 is 2.67 bits per heavy atom. The molecule has 0 saturated carbocycles. The fourth-order valence-electron chi connectivity index (χ4n) is 1.81. The van der Waals surface area contributed by atoms with Gasteiger partial charge in [0.05, 0.1) is 12.8 Å². The molecule has 0 radical (unpaired) electrons. The molecule has 0 atom stereocenters. The summed E-state index contributed by atoms with van der Waals surface area (Å²) in [6.07, 6.45) is 1.46. The van der Waals surface area contributed by atoms with Gasteiger partial charge in [-0.2, -0.15) is 0 Å². The van der Waals surface area contributed by atoms with Crippen LogP contribution in [-0.4, -0.2) is 24.1 Å². The predicted octanol–water partition coefficient (Wildman–Crippen LogP) is 2.14. The molecule has 2 aromatic rings. The van der Waals surface area contributed by atoms with Crippen molar-refractivity contribution in [3.63, 3.8) is 0 Å². The van der Waals surface area contributed by atoms with Crippen LogP contribution in [0.3, 0.4) is 0 Å². The topological polar surface area (TPSA) is 64.3 Å². The molecule has 0 aliphatic rings. The minimum absolute atomic E-state index is 0.488. The molecule has 0 spiro atoms. The van der Waals surface area contributed by atoms with Crippen LogP contribution in [0.1, 0.15) is 5.56 Å². The van der Waals surface area contributed by atoms with Crippen LogP contribution in [0, 0.1) is 6.92 Å². The van der Waals surface area contributed by atoms with Crippen molar-refractivity contribution in [2.75, 3.05) is 24.8 Å². The average molecular weight is 244 g/mol. The Morgan fingerprint density at radius 2 is 1.94 bits per heavy atom. The first-order valence-electron chi connectivity index (χ1n) is 5.59. The van der Waals surface area contributed by atoms with E-state index >= 15 is 0 Å². The molecule has 1 heterocycles. The smallest absolute Gasteiger partial charge is 0.142 e. The Kier molecular flexibility index (Phi) is 3.32. The molecule has 18 heavy (non-hydrogen) atoms. The van der Waals surface area contributed by atoms with Gasteiger partial charge in [0.15, 0.2) is 0 Å². The van der Waals surface area contributed by atoms with Crippen LogP contribution in [0.5, 0.6) is 5.75 Å². The lowest BCUT2D eigenvalue weighted by Gasteiger charge is -2.22. The van der Waals surface area contributed by atoms with E-state index in [-0.39, 0.29) is 0 Å². The van der Waals surface area contributed by atoms with E-state index in [0.29, 0.717) is 5.82 Å². The summed E-state index contributed by atoms with van der Waals surface area (Å²) in [5.74, 6) is 2.05. The third kappa shape index (κ3) is 2.07. The lowest BCUT2D eigenvalue weighted by Crippen LogP contribution is -2.15. The molecule has 0 aliphatic heterocycles. The molecule has 0 bridgehead atoms. The number of methoxy groups -OCH3 is 1. The molecular weight excluding hydrogens is 228 g/mol. The number of aromatic nitrogens is 2. The highest BCUT2D eigenvalue weighted by Crippen LogP contribution is 2.33. The van der Waals surface area contributed by atoms with Crippen molar-refractivity contribution in [1.29, 1.82) is 0 Å². The fourth-order valence-corrected chi connectivity index (χ4v) is 1.81. The number of nitrogens with two attached hydrogens (primary N) is 1. The van der Waals surface area contributed by atoms with Crippen molar-refractivity contribution in [2.45, 2.75) is 6.92 Å². The van der Waals surface area contributed by atoms with E-state index in [1.54, 1.807) is 7.11 Å². The van der Waals surface area contributed by atoms with Gasteiger partial charge in [0, 0.05) is 12.6 Å². The highest BCUT2D eigenvalue weighted by Gasteiger charge is 2.14. The second kappa shape index (κ2) is 4.91. The number of anilines is 3. The molecule has 0 fully saturated rings. The summed E-state index contributed by atoms with van der Waals surface area (Å²) >= 11 is 0. The molecular formula is C13H16N4O. The molecule has 94 valence electrons. The molecule has 5 nitrogen and oxygen atoms in total. The third-order valence-electron chi connectivity index (χ3n) is 2.86. The Labute approximate surface area is 106 Å². The maximum atomic E-state index is 5.80. The second-order valence-corrected chi connectivity index (χ2v) is 3.94. The highest BCUT2D eigenvalue weighted by molar-refractivity contribution is 5.70. The van der Waals surface area contributed by atoms with Crippen LogP contribution >= 0.6 is 0 Å². The number of benzene rings is 1. The molecule has 0 unspecified atom stereocenters. The van der Waals surface area contributed by atoms with Gasteiger partial charge in [-0.3, -0.25) is 0 Å². The lowest BCUT2D eigenvalue weighted by atomic mass is 10.2. The van der Waals surface area contributed by atoms with Gasteiger partial charge < -0.3 is 15.4 Å². The highest BCUT2D eigenvalue weighted by atomic mass is 16.5. The van der Waals surface area contributed by atoms with Crippen LogP contribution in [0.4, 0.5) is 17.3 Å². The molecule has 1 aromatic carbocycles. The zero-order valence-electron chi connectivity index (χ0n) is 10.7. The van der Waals surface area contributed by atoms with Gasteiger partial charge in [0.1, 0.15) is 23.7 Å². The molecule has 2 N–H and O–H groups in total. The largest absolute Gasteiger partial charge is 0.495 e. The van der Waals surface area contributed by atoms with E-state index in [9.17, 15) is 0 Å². The van der Waals surface area contributed by atoms with E-state index < -0.39 is 0 Å². The quantitative estimate of drug-likeness (QED) is 0.896. The third-order valence-corrected chi connectivity index (χ3v) is 2.86. The van der Waals surface area contributed by atoms with Crippen molar-refractivity contribution in [3.8, 4) is 5.75 Å². The van der Waals surface area contributed by atoms with Crippen molar-refractivity contribution in [3.05, 3.63) is 36.2 Å². The summed E-state index contributed by atoms with van der Waals surface area (Å²) in [7, 11) is 3.57. The average Bonchev–Trinajstić information content (AvgIpc) is 2.41. The minimum atomic E-state index is 0.488. The Balaban J connectivity index is 2.48. The first kappa shape index (κ1) is 12.2. The summed E-state index contributed by atoms with van der Waals surface area (Å²) in [5, 5.41) is 0. The number of para-hydroxylation sites is 2. The molecule has 0 saturated heterocycles. The number of nitrogen functional groups attached to an aromatic ring is 1. The van der Waals surface area contributed by atoms with Gasteiger partial charge in [-0.05, 0) is 19.1 Å². The monoisotopic (exact) mass is 244 g/mol. The summed E-state index contributed by atoms with van der Waals surface area (Å²) in [4.78, 5) is 10.2. The Bertz CT molecular complexity index is 556. The molecule has 0 aliphatic carbocycles. The summed E-state index contributed by atoms with van der Waals surface area (Å²) in [5.41, 5.74) is 7.58. The van der Waals surface area contributed by atoms with Gasteiger partial charge in [0.25, 0.3) is 0 Å². The van der Waals surface area contributed by atoms with Crippen molar-refractivity contribution in [2.24, 2.45) is 0 Å². The number of rotatable bonds is 3. The lowest BCUT2D eigenvalue weighted by molar-refractivity contribution is 0.415. The zero-order valence-corrected chi connectivity index (χ0v) is 10.7. The number of hydrogen-bond acceptors (Lipinski definition) is 5. The minimum Gasteiger partial charge on any atom is -0.495 e. The standard InChI is InChI=1S/C13H16N4O/c1-9-12(14)15-8-16-13(9)17(2)10-6-4-5-7-11(10)18-3/h4-8H,1-3H3,(H2,14,15,16). The normalized spacial score (nSPS) is 10.2. The first-order chi connectivity index (χ1) is 8.65. The van der Waals surface area contributed by atoms with Crippen LogP contribution in [0.15, 0.2) is 30.6 Å². The molecule has 1 aromatic heterocycles. The fraction of sp³-hybridized carbons (Fsp3) is 0.231. The van der Waals surface area contributed by atoms with Crippen LogP contribution < -0.4 is 15.4 Å². The second-order valence-electron chi connectivity index (χ2n) is 3.94. The summed E-state index contributed by atoms with van der Waals surface area (Å²) < 4.78 is 5.34. The van der Waals surface area contributed by atoms with Crippen LogP contribution in [0.25, 0.3) is 0 Å². The van der Waals surface area contributed by atoms with Crippen LogP contribution in [-0.2, 0) is 0 Å². The van der Waals surface area contributed by atoms with E-state index in [0.717, 1.165) is 22.8 Å². The molecule has 2 rings (SSSR count). The van der Waals surface area contributed by atoms with E-state index in [1.807, 2.05) is 43.1 Å². The number of hydrogen-bond donors (Lipinski definition) is 1. The number of ether oxygens (including phenoxy) is 1. The zero-order chi connectivity index (χ0) is 13.1. The first-order valence-corrected chi connectivity index (χ1v) is 5.59.